The predicted octanol–water partition coefficient (Wildman–Crippen LogP) is 4.36. The van der Waals surface area contributed by atoms with Gasteiger partial charge in [-0.05, 0) is 88.8 Å². The first-order valence-electron chi connectivity index (χ1n) is 12.7. The number of urea groups is 1. The van der Waals surface area contributed by atoms with Crippen LogP contribution >= 0.6 is 0 Å². The lowest BCUT2D eigenvalue weighted by Crippen LogP contribution is -2.46. The van der Waals surface area contributed by atoms with Gasteiger partial charge in [-0.25, -0.2) is 14.6 Å². The summed E-state index contributed by atoms with van der Waals surface area (Å²) >= 11 is 0. The Morgan fingerprint density at radius 1 is 0.972 bits per heavy atom. The summed E-state index contributed by atoms with van der Waals surface area (Å²) in [5, 5.41) is 5.68. The van der Waals surface area contributed by atoms with Crippen molar-refractivity contribution >= 4 is 11.7 Å². The van der Waals surface area contributed by atoms with E-state index in [-0.39, 0.29) is 17.8 Å². The average molecular weight is 488 g/mol. The maximum Gasteiger partial charge on any atom is 0.330 e. The van der Waals surface area contributed by atoms with Gasteiger partial charge in [0.1, 0.15) is 5.49 Å². The van der Waals surface area contributed by atoms with Crippen molar-refractivity contribution in [1.29, 1.82) is 0 Å². The molecule has 0 spiro atoms. The number of benzene rings is 2. The number of carbonyl (C=O) groups excluding carboxylic acids is 1. The van der Waals surface area contributed by atoms with E-state index in [1.807, 2.05) is 38.3 Å². The third-order valence-electron chi connectivity index (χ3n) is 6.80. The molecule has 0 unspecified atom stereocenters. The zero-order chi connectivity index (χ0) is 26.1. The molecular formula is C29H37N5O2. The molecule has 2 aromatic carbocycles. The molecule has 1 aliphatic heterocycles. The van der Waals surface area contributed by atoms with Crippen LogP contribution in [0, 0.1) is 34.6 Å². The second-order valence-electron chi connectivity index (χ2n) is 10.2. The van der Waals surface area contributed by atoms with Crippen LogP contribution in [0.25, 0.3) is 11.3 Å². The minimum absolute atomic E-state index is 0.0391. The molecule has 190 valence electrons. The fraction of sp³-hybridized carbons (Fsp3) is 0.414. The average Bonchev–Trinajstić information content (AvgIpc) is 2.78. The van der Waals surface area contributed by atoms with Gasteiger partial charge in [0.15, 0.2) is 0 Å². The Hall–Kier alpha value is -3.61. The Morgan fingerprint density at radius 2 is 1.64 bits per heavy atom. The van der Waals surface area contributed by atoms with E-state index in [0.717, 1.165) is 34.5 Å². The van der Waals surface area contributed by atoms with Crippen LogP contribution in [0.15, 0.2) is 40.1 Å². The number of aryl methyl sites for hydroxylation is 6. The van der Waals surface area contributed by atoms with Crippen LogP contribution in [0.2, 0.25) is 0 Å². The quantitative estimate of drug-likeness (QED) is 0.561. The van der Waals surface area contributed by atoms with E-state index in [9.17, 15) is 9.59 Å². The fourth-order valence-corrected chi connectivity index (χ4v) is 4.98. The number of amides is 2. The maximum absolute atomic E-state index is 13.8. The predicted molar refractivity (Wildman–Crippen MR) is 145 cm³/mol. The molecule has 2 amide bonds. The topological polar surface area (TPSA) is 80.4 Å². The highest BCUT2D eigenvalue weighted by atomic mass is 16.2. The molecule has 0 fully saturated rings. The number of aromatic nitrogens is 2. The highest BCUT2D eigenvalue weighted by Gasteiger charge is 2.20. The zero-order valence-electron chi connectivity index (χ0n) is 22.5. The first-order valence-corrected chi connectivity index (χ1v) is 12.7. The summed E-state index contributed by atoms with van der Waals surface area (Å²) < 4.78 is 3.53. The Labute approximate surface area is 212 Å². The fourth-order valence-electron chi connectivity index (χ4n) is 4.98. The summed E-state index contributed by atoms with van der Waals surface area (Å²) in [5.74, 6) is 0. The van der Waals surface area contributed by atoms with Crippen molar-refractivity contribution in [2.45, 2.75) is 74.0 Å². The number of nitrogens with zero attached hydrogens (tertiary/aromatic N) is 3. The highest BCUT2D eigenvalue weighted by Crippen LogP contribution is 2.30. The van der Waals surface area contributed by atoms with Crippen LogP contribution in [0.5, 0.6) is 0 Å². The largest absolute Gasteiger partial charge is 0.336 e. The third-order valence-corrected chi connectivity index (χ3v) is 6.80. The second-order valence-corrected chi connectivity index (χ2v) is 10.2. The van der Waals surface area contributed by atoms with E-state index in [1.54, 1.807) is 4.57 Å². The lowest BCUT2D eigenvalue weighted by molar-refractivity contribution is 0.238. The molecule has 7 nitrogen and oxygen atoms in total. The molecule has 0 bridgehead atoms. The minimum atomic E-state index is -0.243. The number of hydrogen-bond donors (Lipinski definition) is 2. The molecule has 0 saturated carbocycles. The summed E-state index contributed by atoms with van der Waals surface area (Å²) in [6, 6.07) is 10.5. The van der Waals surface area contributed by atoms with Gasteiger partial charge in [0.05, 0.1) is 11.4 Å². The Kier molecular flexibility index (Phi) is 7.20. The normalized spacial score (nSPS) is 12.9. The first-order chi connectivity index (χ1) is 17.0. The van der Waals surface area contributed by atoms with Crippen LogP contribution in [0.1, 0.15) is 47.2 Å². The highest BCUT2D eigenvalue weighted by molar-refractivity contribution is 5.74. The van der Waals surface area contributed by atoms with E-state index in [4.69, 9.17) is 4.99 Å². The summed E-state index contributed by atoms with van der Waals surface area (Å²) in [5.41, 5.74) is 10.4. The summed E-state index contributed by atoms with van der Waals surface area (Å²) in [6.45, 7) is 15.5. The van der Waals surface area contributed by atoms with E-state index in [0.29, 0.717) is 25.1 Å². The van der Waals surface area contributed by atoms with E-state index >= 15 is 0 Å². The van der Waals surface area contributed by atoms with Gasteiger partial charge in [0, 0.05) is 37.3 Å². The summed E-state index contributed by atoms with van der Waals surface area (Å²) in [6.07, 6.45) is 0.811. The van der Waals surface area contributed by atoms with Gasteiger partial charge in [-0.1, -0.05) is 23.8 Å². The third kappa shape index (κ3) is 5.15. The summed E-state index contributed by atoms with van der Waals surface area (Å²) in [7, 11) is 0. The van der Waals surface area contributed by atoms with Crippen molar-refractivity contribution in [3.63, 3.8) is 0 Å². The van der Waals surface area contributed by atoms with Gasteiger partial charge in [0.2, 0.25) is 0 Å². The number of nitrogens with one attached hydrogen (secondary N) is 2. The second kappa shape index (κ2) is 10.2. The smallest absolute Gasteiger partial charge is 0.330 e. The van der Waals surface area contributed by atoms with E-state index in [2.05, 4.69) is 55.7 Å². The minimum Gasteiger partial charge on any atom is -0.336 e. The van der Waals surface area contributed by atoms with Crippen LogP contribution in [0.3, 0.4) is 0 Å². The van der Waals surface area contributed by atoms with E-state index in [1.165, 1.54) is 22.3 Å². The van der Waals surface area contributed by atoms with Gasteiger partial charge in [-0.15, -0.1) is 0 Å². The molecule has 36 heavy (non-hydrogen) atoms. The van der Waals surface area contributed by atoms with Gasteiger partial charge in [-0.3, -0.25) is 9.13 Å². The Morgan fingerprint density at radius 3 is 2.31 bits per heavy atom. The van der Waals surface area contributed by atoms with Crippen molar-refractivity contribution in [1.82, 2.24) is 19.8 Å². The monoisotopic (exact) mass is 487 g/mol. The van der Waals surface area contributed by atoms with Crippen molar-refractivity contribution in [2.24, 2.45) is 4.99 Å². The number of carbonyl (C=O) groups is 1. The Bertz CT molecular complexity index is 1440. The molecule has 2 N–H and O–H groups in total. The molecule has 0 atom stereocenters. The van der Waals surface area contributed by atoms with Crippen LogP contribution in [-0.2, 0) is 19.5 Å². The maximum atomic E-state index is 13.8. The molecule has 2 heterocycles. The molecule has 0 radical (unpaired) electrons. The van der Waals surface area contributed by atoms with Crippen molar-refractivity contribution in [2.75, 3.05) is 6.54 Å². The van der Waals surface area contributed by atoms with Gasteiger partial charge in [0.25, 0.3) is 0 Å². The summed E-state index contributed by atoms with van der Waals surface area (Å²) in [4.78, 5) is 30.9. The zero-order valence-corrected chi connectivity index (χ0v) is 22.5. The standard InChI is InChI=1S/C29H37N5O2/c1-17(2)31-28(35)30-9-11-34-26(32-27-21(6)12-18(3)13-22(27)7)16-25-24-15-20(5)19(4)14-23(24)8-10-33(25)29(34)36/h12-17H,8-11H2,1-7H3,(H2,30,31,35). The number of hydrogen-bond acceptors (Lipinski definition) is 3. The first kappa shape index (κ1) is 25.5. The van der Waals surface area contributed by atoms with Gasteiger partial charge < -0.3 is 10.6 Å². The molecule has 3 aromatic rings. The SMILES string of the molecule is Cc1cc(C)c(N=c2cc3n(c(=O)n2CCNC(=O)NC(C)C)CCc2cc(C)c(C)cc2-3)c(C)c1. The van der Waals surface area contributed by atoms with Crippen LogP contribution in [-0.4, -0.2) is 27.8 Å². The van der Waals surface area contributed by atoms with Crippen LogP contribution in [0.4, 0.5) is 10.5 Å². The Balaban J connectivity index is 1.87. The van der Waals surface area contributed by atoms with Crippen molar-refractivity contribution in [3.05, 3.63) is 79.7 Å². The molecule has 0 aliphatic carbocycles. The molecule has 1 aliphatic rings. The lowest BCUT2D eigenvalue weighted by Gasteiger charge is -2.24. The van der Waals surface area contributed by atoms with E-state index < -0.39 is 0 Å². The lowest BCUT2D eigenvalue weighted by atomic mass is 9.93. The van der Waals surface area contributed by atoms with Crippen LogP contribution < -0.4 is 21.8 Å². The number of fused-ring (bicyclic) bond motifs is 3. The van der Waals surface area contributed by atoms with Crippen molar-refractivity contribution in [3.8, 4) is 11.3 Å². The number of rotatable bonds is 5. The van der Waals surface area contributed by atoms with Gasteiger partial charge in [-0.2, -0.15) is 0 Å². The molecule has 4 rings (SSSR count). The molecule has 7 heteroatoms. The van der Waals surface area contributed by atoms with Crippen molar-refractivity contribution < 1.29 is 4.79 Å². The molecule has 1 aromatic heterocycles. The molecular weight excluding hydrogens is 450 g/mol. The molecule has 0 saturated heterocycles. The van der Waals surface area contributed by atoms with Gasteiger partial charge >= 0.3 is 11.7 Å².